The summed E-state index contributed by atoms with van der Waals surface area (Å²) in [5, 5.41) is 0. The van der Waals surface area contributed by atoms with Crippen LogP contribution in [-0.2, 0) is 0 Å². The summed E-state index contributed by atoms with van der Waals surface area (Å²) < 4.78 is 5.98. The number of halogens is 1. The summed E-state index contributed by atoms with van der Waals surface area (Å²) in [5.74, 6) is 0.972. The van der Waals surface area contributed by atoms with Crippen molar-refractivity contribution < 1.29 is 4.74 Å². The van der Waals surface area contributed by atoms with Gasteiger partial charge in [-0.1, -0.05) is 19.1 Å². The molecule has 0 amide bonds. The number of benzene rings is 1. The van der Waals surface area contributed by atoms with E-state index in [1.165, 1.54) is 31.2 Å². The first-order valence-corrected chi connectivity index (χ1v) is 6.84. The maximum atomic E-state index is 5.98. The van der Waals surface area contributed by atoms with Crippen molar-refractivity contribution >= 4 is 11.8 Å². The minimum absolute atomic E-state index is 0.198. The van der Waals surface area contributed by atoms with Gasteiger partial charge >= 0.3 is 0 Å². The van der Waals surface area contributed by atoms with E-state index in [1.807, 2.05) is 12.1 Å². The predicted octanol–water partition coefficient (Wildman–Crippen LogP) is 4.20. The zero-order valence-electron chi connectivity index (χ0n) is 10.3. The third-order valence-electron chi connectivity index (χ3n) is 3.41. The summed E-state index contributed by atoms with van der Waals surface area (Å²) in [7, 11) is 0. The van der Waals surface area contributed by atoms with Crippen LogP contribution in [0.2, 0.25) is 0 Å². The molecule has 1 aliphatic carbocycles. The Kier molecular flexibility index (Phi) is 4.69. The number of hydrogen-bond donors (Lipinski definition) is 1. The molecule has 3 heteroatoms. The van der Waals surface area contributed by atoms with Gasteiger partial charge in [-0.05, 0) is 61.6 Å². The van der Waals surface area contributed by atoms with Gasteiger partial charge < -0.3 is 4.74 Å². The fourth-order valence-electron chi connectivity index (χ4n) is 2.38. The van der Waals surface area contributed by atoms with Gasteiger partial charge in [0.1, 0.15) is 5.75 Å². The Balaban J connectivity index is 2.04. The van der Waals surface area contributed by atoms with Crippen molar-refractivity contribution in [2.24, 2.45) is 0 Å². The van der Waals surface area contributed by atoms with Crippen LogP contribution in [0.4, 0.5) is 0 Å². The van der Waals surface area contributed by atoms with Crippen molar-refractivity contribution in [2.45, 2.75) is 51.2 Å². The molecule has 1 aliphatic rings. The smallest absolute Gasteiger partial charge is 0.120 e. The van der Waals surface area contributed by atoms with Crippen LogP contribution in [0.1, 0.15) is 50.6 Å². The van der Waals surface area contributed by atoms with Gasteiger partial charge in [0.15, 0.2) is 0 Å². The summed E-state index contributed by atoms with van der Waals surface area (Å²) in [4.78, 5) is 2.81. The van der Waals surface area contributed by atoms with Crippen molar-refractivity contribution in [2.75, 3.05) is 0 Å². The zero-order valence-corrected chi connectivity index (χ0v) is 11.0. The largest absolute Gasteiger partial charge is 0.490 e. The molecule has 0 bridgehead atoms. The molecule has 0 saturated heterocycles. The van der Waals surface area contributed by atoms with E-state index in [-0.39, 0.29) is 6.04 Å². The van der Waals surface area contributed by atoms with Gasteiger partial charge in [-0.3, -0.25) is 0 Å². The molecule has 17 heavy (non-hydrogen) atoms. The lowest BCUT2D eigenvalue weighted by atomic mass is 10.1. The Morgan fingerprint density at radius 1 is 1.41 bits per heavy atom. The van der Waals surface area contributed by atoms with E-state index in [0.717, 1.165) is 12.2 Å². The zero-order chi connectivity index (χ0) is 12.1. The predicted molar refractivity (Wildman–Crippen MR) is 71.3 cm³/mol. The average Bonchev–Trinajstić information content (AvgIpc) is 2.84. The molecule has 1 fully saturated rings. The second kappa shape index (κ2) is 6.27. The fourth-order valence-corrected chi connectivity index (χ4v) is 2.66. The molecular formula is C14H20ClNO. The third-order valence-corrected chi connectivity index (χ3v) is 3.67. The summed E-state index contributed by atoms with van der Waals surface area (Å²) in [6.45, 7) is 2.12. The lowest BCUT2D eigenvalue weighted by Crippen LogP contribution is -2.13. The van der Waals surface area contributed by atoms with Crippen LogP contribution in [0.5, 0.6) is 5.75 Å². The van der Waals surface area contributed by atoms with Crippen LogP contribution in [0.15, 0.2) is 24.3 Å². The number of rotatable bonds is 5. The van der Waals surface area contributed by atoms with Crippen molar-refractivity contribution in [1.82, 2.24) is 4.84 Å². The van der Waals surface area contributed by atoms with Gasteiger partial charge in [0, 0.05) is 6.04 Å². The van der Waals surface area contributed by atoms with E-state index < -0.39 is 0 Å². The van der Waals surface area contributed by atoms with Crippen LogP contribution in [-0.4, -0.2) is 6.10 Å². The highest BCUT2D eigenvalue weighted by molar-refractivity contribution is 6.13. The molecule has 2 nitrogen and oxygen atoms in total. The molecule has 1 aromatic rings. The van der Waals surface area contributed by atoms with Gasteiger partial charge in [-0.2, -0.15) is 0 Å². The van der Waals surface area contributed by atoms with E-state index in [1.54, 1.807) is 0 Å². The Morgan fingerprint density at radius 2 is 2.18 bits per heavy atom. The minimum atomic E-state index is 0.198. The van der Waals surface area contributed by atoms with E-state index in [9.17, 15) is 0 Å². The summed E-state index contributed by atoms with van der Waals surface area (Å²) in [6.07, 6.45) is 6.35. The van der Waals surface area contributed by atoms with Gasteiger partial charge in [0.25, 0.3) is 0 Å². The summed E-state index contributed by atoms with van der Waals surface area (Å²) in [6, 6.07) is 8.45. The first kappa shape index (κ1) is 12.7. The molecule has 0 spiro atoms. The van der Waals surface area contributed by atoms with Gasteiger partial charge in [0.05, 0.1) is 6.10 Å². The molecule has 2 rings (SSSR count). The molecule has 0 radical (unpaired) electrons. The molecular weight excluding hydrogens is 234 g/mol. The number of hydrogen-bond acceptors (Lipinski definition) is 2. The van der Waals surface area contributed by atoms with Crippen molar-refractivity contribution in [3.63, 3.8) is 0 Å². The van der Waals surface area contributed by atoms with Crippen LogP contribution in [0.3, 0.4) is 0 Å². The van der Waals surface area contributed by atoms with Gasteiger partial charge in [-0.15, -0.1) is 0 Å². The maximum absolute atomic E-state index is 5.98. The second-order valence-corrected chi connectivity index (χ2v) is 4.88. The number of ether oxygens (including phenoxy) is 1. The molecule has 0 heterocycles. The SMILES string of the molecule is CC[C@@H](NCl)c1cccc(OC2CCCC2)c1. The van der Waals surface area contributed by atoms with Crippen molar-refractivity contribution in [1.29, 1.82) is 0 Å². The average molecular weight is 254 g/mol. The molecule has 0 aliphatic heterocycles. The van der Waals surface area contributed by atoms with Crippen LogP contribution in [0, 0.1) is 0 Å². The Hall–Kier alpha value is -0.730. The first-order valence-electron chi connectivity index (χ1n) is 6.46. The van der Waals surface area contributed by atoms with E-state index in [4.69, 9.17) is 16.5 Å². The Labute approximate surface area is 108 Å². The van der Waals surface area contributed by atoms with Gasteiger partial charge in [0.2, 0.25) is 0 Å². The summed E-state index contributed by atoms with van der Waals surface area (Å²) >= 11 is 5.73. The molecule has 0 aromatic heterocycles. The van der Waals surface area contributed by atoms with Crippen molar-refractivity contribution in [3.8, 4) is 5.75 Å². The van der Waals surface area contributed by atoms with E-state index >= 15 is 0 Å². The van der Waals surface area contributed by atoms with Crippen LogP contribution in [0.25, 0.3) is 0 Å². The Morgan fingerprint density at radius 3 is 2.82 bits per heavy atom. The second-order valence-electron chi connectivity index (χ2n) is 4.67. The molecule has 94 valence electrons. The first-order chi connectivity index (χ1) is 8.33. The standard InChI is InChI=1S/C14H20ClNO/c1-2-14(16-15)11-6-5-9-13(10-11)17-12-7-3-4-8-12/h5-6,9-10,12,14,16H,2-4,7-8H2,1H3/t14-/m1/s1. The molecule has 1 saturated carbocycles. The lowest BCUT2D eigenvalue weighted by molar-refractivity contribution is 0.209. The van der Waals surface area contributed by atoms with E-state index in [2.05, 4.69) is 23.9 Å². The third kappa shape index (κ3) is 3.36. The van der Waals surface area contributed by atoms with Gasteiger partial charge in [-0.25, -0.2) is 4.84 Å². The maximum Gasteiger partial charge on any atom is 0.120 e. The number of nitrogens with one attached hydrogen (secondary N) is 1. The molecule has 1 atom stereocenters. The highest BCUT2D eigenvalue weighted by atomic mass is 35.5. The highest BCUT2D eigenvalue weighted by Crippen LogP contribution is 2.27. The Bertz CT molecular complexity index is 346. The quantitative estimate of drug-likeness (QED) is 0.794. The highest BCUT2D eigenvalue weighted by Gasteiger charge is 2.17. The molecule has 1 aromatic carbocycles. The topological polar surface area (TPSA) is 21.3 Å². The van der Waals surface area contributed by atoms with E-state index in [0.29, 0.717) is 6.10 Å². The lowest BCUT2D eigenvalue weighted by Gasteiger charge is -2.16. The molecule has 0 unspecified atom stereocenters. The normalized spacial score (nSPS) is 18.2. The van der Waals surface area contributed by atoms with Crippen molar-refractivity contribution in [3.05, 3.63) is 29.8 Å². The molecule has 1 N–H and O–H groups in total. The monoisotopic (exact) mass is 253 g/mol. The minimum Gasteiger partial charge on any atom is -0.490 e. The summed E-state index contributed by atoms with van der Waals surface area (Å²) in [5.41, 5.74) is 1.19. The van der Waals surface area contributed by atoms with Crippen LogP contribution < -0.4 is 9.57 Å². The fraction of sp³-hybridized carbons (Fsp3) is 0.571. The van der Waals surface area contributed by atoms with Crippen LogP contribution >= 0.6 is 11.8 Å².